The molecular formula is C22H21NO3. The summed E-state index contributed by atoms with van der Waals surface area (Å²) in [4.78, 5) is 4.11. The fourth-order valence-corrected chi connectivity index (χ4v) is 3.02. The molecule has 0 radical (unpaired) electrons. The highest BCUT2D eigenvalue weighted by Crippen LogP contribution is 2.27. The highest BCUT2D eigenvalue weighted by molar-refractivity contribution is 5.33. The summed E-state index contributed by atoms with van der Waals surface area (Å²) in [5.41, 5.74) is 2.22. The fourth-order valence-electron chi connectivity index (χ4n) is 3.02. The molecule has 0 atom stereocenters. The van der Waals surface area contributed by atoms with E-state index in [9.17, 15) is 0 Å². The lowest BCUT2D eigenvalue weighted by Gasteiger charge is -2.29. The van der Waals surface area contributed by atoms with E-state index in [0.717, 1.165) is 23.5 Å². The Morgan fingerprint density at radius 3 is 2.27 bits per heavy atom. The first-order valence-corrected chi connectivity index (χ1v) is 8.82. The summed E-state index contributed by atoms with van der Waals surface area (Å²) in [6, 6.07) is 21.9. The summed E-state index contributed by atoms with van der Waals surface area (Å²) >= 11 is 0. The largest absolute Gasteiger partial charge is 0.457 e. The van der Waals surface area contributed by atoms with Crippen molar-refractivity contribution in [3.05, 3.63) is 90.3 Å². The maximum Gasteiger partial charge on any atom is 0.185 e. The van der Waals surface area contributed by atoms with E-state index in [1.165, 1.54) is 5.56 Å². The molecule has 0 bridgehead atoms. The van der Waals surface area contributed by atoms with Crippen molar-refractivity contribution in [2.75, 3.05) is 13.2 Å². The summed E-state index contributed by atoms with van der Waals surface area (Å²) in [7, 11) is 0. The molecule has 0 aliphatic carbocycles. The normalized spacial score (nSPS) is 19.8. The number of hydrogen-bond acceptors (Lipinski definition) is 4. The number of pyridine rings is 1. The molecule has 2 aromatic carbocycles. The zero-order chi connectivity index (χ0) is 17.6. The van der Waals surface area contributed by atoms with E-state index in [2.05, 4.69) is 17.1 Å². The van der Waals surface area contributed by atoms with E-state index >= 15 is 0 Å². The van der Waals surface area contributed by atoms with Crippen LogP contribution in [-0.2, 0) is 15.9 Å². The Morgan fingerprint density at radius 1 is 0.846 bits per heavy atom. The smallest absolute Gasteiger partial charge is 0.185 e. The van der Waals surface area contributed by atoms with Gasteiger partial charge in [-0.1, -0.05) is 36.4 Å². The van der Waals surface area contributed by atoms with Crippen LogP contribution in [0.4, 0.5) is 0 Å². The van der Waals surface area contributed by atoms with Crippen LogP contribution in [0, 0.1) is 5.92 Å². The lowest BCUT2D eigenvalue weighted by Crippen LogP contribution is -2.28. The van der Waals surface area contributed by atoms with Crippen molar-refractivity contribution in [2.45, 2.75) is 12.7 Å². The second-order valence-corrected chi connectivity index (χ2v) is 6.41. The van der Waals surface area contributed by atoms with Gasteiger partial charge >= 0.3 is 0 Å². The van der Waals surface area contributed by atoms with Crippen LogP contribution in [0.3, 0.4) is 0 Å². The second-order valence-electron chi connectivity index (χ2n) is 6.41. The van der Waals surface area contributed by atoms with Gasteiger partial charge in [0, 0.05) is 23.9 Å². The number of aromatic nitrogens is 1. The van der Waals surface area contributed by atoms with Gasteiger partial charge in [-0.3, -0.25) is 4.98 Å². The van der Waals surface area contributed by atoms with Crippen LogP contribution in [0.5, 0.6) is 11.5 Å². The van der Waals surface area contributed by atoms with Crippen LogP contribution in [-0.4, -0.2) is 18.2 Å². The quantitative estimate of drug-likeness (QED) is 0.666. The minimum atomic E-state index is -0.304. The number of benzene rings is 2. The molecule has 1 fully saturated rings. The average molecular weight is 347 g/mol. The lowest BCUT2D eigenvalue weighted by molar-refractivity contribution is -0.205. The van der Waals surface area contributed by atoms with E-state index in [-0.39, 0.29) is 6.29 Å². The highest BCUT2D eigenvalue weighted by atomic mass is 16.7. The summed E-state index contributed by atoms with van der Waals surface area (Å²) in [5.74, 6) is 2.03. The monoisotopic (exact) mass is 347 g/mol. The molecule has 1 saturated heterocycles. The van der Waals surface area contributed by atoms with Crippen LogP contribution >= 0.6 is 0 Å². The third kappa shape index (κ3) is 4.28. The Bertz CT molecular complexity index is 798. The maximum atomic E-state index is 5.86. The third-order valence-electron chi connectivity index (χ3n) is 4.35. The van der Waals surface area contributed by atoms with E-state index in [1.807, 2.05) is 54.6 Å². The first-order valence-electron chi connectivity index (χ1n) is 8.82. The molecule has 3 aromatic rings. The summed E-state index contributed by atoms with van der Waals surface area (Å²) in [6.07, 6.45) is 4.16. The molecule has 0 unspecified atom stereocenters. The molecule has 4 nitrogen and oxygen atoms in total. The summed E-state index contributed by atoms with van der Waals surface area (Å²) < 4.78 is 17.6. The Kier molecular flexibility index (Phi) is 5.24. The number of para-hydroxylation sites is 1. The van der Waals surface area contributed by atoms with Gasteiger partial charge in [0.1, 0.15) is 11.5 Å². The molecule has 1 aliphatic heterocycles. The van der Waals surface area contributed by atoms with Crippen molar-refractivity contribution in [3.63, 3.8) is 0 Å². The molecule has 1 aromatic heterocycles. The predicted octanol–water partition coefficient (Wildman–Crippen LogP) is 4.78. The van der Waals surface area contributed by atoms with Crippen molar-refractivity contribution in [3.8, 4) is 11.5 Å². The van der Waals surface area contributed by atoms with Gasteiger partial charge in [-0.2, -0.15) is 0 Å². The van der Waals surface area contributed by atoms with E-state index in [4.69, 9.17) is 14.2 Å². The summed E-state index contributed by atoms with van der Waals surface area (Å²) in [6.45, 7) is 1.36. The first kappa shape index (κ1) is 16.8. The third-order valence-corrected chi connectivity index (χ3v) is 4.35. The van der Waals surface area contributed by atoms with Crippen LogP contribution < -0.4 is 4.74 Å². The van der Waals surface area contributed by atoms with Crippen LogP contribution in [0.25, 0.3) is 0 Å². The minimum absolute atomic E-state index is 0.304. The Labute approximate surface area is 153 Å². The van der Waals surface area contributed by atoms with Gasteiger partial charge < -0.3 is 14.2 Å². The van der Waals surface area contributed by atoms with Crippen LogP contribution in [0.2, 0.25) is 0 Å². The first-order chi connectivity index (χ1) is 12.9. The minimum Gasteiger partial charge on any atom is -0.457 e. The molecule has 0 saturated carbocycles. The highest BCUT2D eigenvalue weighted by Gasteiger charge is 2.23. The molecule has 0 spiro atoms. The molecule has 0 amide bonds. The standard InChI is InChI=1S/C22H21NO3/c1-2-6-20(7-3-1)26-21-10-8-17(9-11-21)13-18-15-24-22(25-16-18)19-5-4-12-23-14-19/h1-12,14,18,22H,13,15-16H2. The van der Waals surface area contributed by atoms with Crippen LogP contribution in [0.1, 0.15) is 17.4 Å². The van der Waals surface area contributed by atoms with Gasteiger partial charge in [0.2, 0.25) is 0 Å². The Morgan fingerprint density at radius 2 is 1.58 bits per heavy atom. The maximum absolute atomic E-state index is 5.86. The van der Waals surface area contributed by atoms with Gasteiger partial charge in [0.25, 0.3) is 0 Å². The van der Waals surface area contributed by atoms with Gasteiger partial charge in [0.15, 0.2) is 6.29 Å². The molecule has 4 rings (SSSR count). The van der Waals surface area contributed by atoms with E-state index < -0.39 is 0 Å². The number of ether oxygens (including phenoxy) is 3. The molecule has 1 aliphatic rings. The van der Waals surface area contributed by atoms with Crippen molar-refractivity contribution >= 4 is 0 Å². The van der Waals surface area contributed by atoms with Crippen LogP contribution in [0.15, 0.2) is 79.1 Å². The second kappa shape index (κ2) is 8.13. The van der Waals surface area contributed by atoms with Crippen molar-refractivity contribution in [1.82, 2.24) is 4.98 Å². The van der Waals surface area contributed by atoms with E-state index in [0.29, 0.717) is 19.1 Å². The molecular weight excluding hydrogens is 326 g/mol. The number of hydrogen-bond donors (Lipinski definition) is 0. The topological polar surface area (TPSA) is 40.6 Å². The molecule has 4 heteroatoms. The zero-order valence-corrected chi connectivity index (χ0v) is 14.5. The lowest BCUT2D eigenvalue weighted by atomic mass is 10.00. The number of rotatable bonds is 5. The van der Waals surface area contributed by atoms with Crippen molar-refractivity contribution < 1.29 is 14.2 Å². The Hall–Kier alpha value is -2.69. The molecule has 2 heterocycles. The summed E-state index contributed by atoms with van der Waals surface area (Å²) in [5, 5.41) is 0. The number of nitrogens with zero attached hydrogens (tertiary/aromatic N) is 1. The van der Waals surface area contributed by atoms with Gasteiger partial charge in [0.05, 0.1) is 13.2 Å². The van der Waals surface area contributed by atoms with Gasteiger partial charge in [-0.15, -0.1) is 0 Å². The van der Waals surface area contributed by atoms with Gasteiger partial charge in [-0.25, -0.2) is 0 Å². The molecule has 0 N–H and O–H groups in total. The fraction of sp³-hybridized carbons (Fsp3) is 0.227. The molecule has 26 heavy (non-hydrogen) atoms. The van der Waals surface area contributed by atoms with Gasteiger partial charge in [-0.05, 0) is 42.3 Å². The van der Waals surface area contributed by atoms with E-state index in [1.54, 1.807) is 12.4 Å². The zero-order valence-electron chi connectivity index (χ0n) is 14.5. The van der Waals surface area contributed by atoms with Crippen molar-refractivity contribution in [1.29, 1.82) is 0 Å². The van der Waals surface area contributed by atoms with Crippen molar-refractivity contribution in [2.24, 2.45) is 5.92 Å². The molecule has 132 valence electrons. The SMILES string of the molecule is c1ccc(Oc2ccc(CC3COC(c4cccnc4)OC3)cc2)cc1. The Balaban J connectivity index is 1.30. The predicted molar refractivity (Wildman–Crippen MR) is 99.0 cm³/mol. The average Bonchev–Trinajstić information content (AvgIpc) is 2.72.